The number of carbonyl (C=O) groups is 1. The van der Waals surface area contributed by atoms with Crippen LogP contribution in [0.3, 0.4) is 0 Å². The van der Waals surface area contributed by atoms with Gasteiger partial charge in [0.15, 0.2) is 0 Å². The van der Waals surface area contributed by atoms with E-state index in [0.29, 0.717) is 12.2 Å². The third-order valence-corrected chi connectivity index (χ3v) is 3.72. The second-order valence-corrected chi connectivity index (χ2v) is 5.93. The van der Waals surface area contributed by atoms with Gasteiger partial charge in [0.2, 0.25) is 5.91 Å². The van der Waals surface area contributed by atoms with Crippen molar-refractivity contribution in [3.8, 4) is 0 Å². The van der Waals surface area contributed by atoms with E-state index in [1.165, 1.54) is 12.1 Å². The first kappa shape index (κ1) is 19.9. The molecule has 7 heteroatoms. The fraction of sp³-hybridized carbons (Fsp3) is 0.316. The lowest BCUT2D eigenvalue weighted by molar-refractivity contribution is -0.137. The summed E-state index contributed by atoms with van der Waals surface area (Å²) in [6.45, 7) is 2.25. The van der Waals surface area contributed by atoms with Crippen molar-refractivity contribution in [3.63, 3.8) is 0 Å². The number of nitrogens with one attached hydrogen (secondary N) is 2. The van der Waals surface area contributed by atoms with E-state index < -0.39 is 23.7 Å². The van der Waals surface area contributed by atoms with E-state index in [2.05, 4.69) is 10.6 Å². The highest BCUT2D eigenvalue weighted by Gasteiger charge is 2.31. The third-order valence-electron chi connectivity index (χ3n) is 3.72. The van der Waals surface area contributed by atoms with Crippen LogP contribution in [0, 0.1) is 0 Å². The Morgan fingerprint density at radius 1 is 1.12 bits per heavy atom. The van der Waals surface area contributed by atoms with E-state index in [4.69, 9.17) is 4.74 Å². The Labute approximate surface area is 150 Å². The molecule has 4 nitrogen and oxygen atoms in total. The monoisotopic (exact) mass is 366 g/mol. The van der Waals surface area contributed by atoms with E-state index in [1.807, 2.05) is 13.0 Å². The van der Waals surface area contributed by atoms with Crippen molar-refractivity contribution in [2.75, 3.05) is 19.0 Å². The zero-order chi connectivity index (χ0) is 19.2. The quantitative estimate of drug-likeness (QED) is 0.779. The van der Waals surface area contributed by atoms with Crippen LogP contribution < -0.4 is 10.6 Å². The van der Waals surface area contributed by atoms with Crippen molar-refractivity contribution >= 4 is 11.6 Å². The summed E-state index contributed by atoms with van der Waals surface area (Å²) in [7, 11) is 1.55. The lowest BCUT2D eigenvalue weighted by atomic mass is 10.0. The number of carbonyl (C=O) groups excluding carboxylic acids is 1. The summed E-state index contributed by atoms with van der Waals surface area (Å²) in [6.07, 6.45) is -4.47. The maximum atomic E-state index is 12.8. The van der Waals surface area contributed by atoms with Gasteiger partial charge in [-0.15, -0.1) is 0 Å². The van der Waals surface area contributed by atoms with Crippen LogP contribution >= 0.6 is 0 Å². The number of methoxy groups -OCH3 is 1. The molecule has 0 saturated heterocycles. The summed E-state index contributed by atoms with van der Waals surface area (Å²) in [4.78, 5) is 12.7. The predicted molar refractivity (Wildman–Crippen MR) is 93.7 cm³/mol. The molecule has 0 aliphatic carbocycles. The summed E-state index contributed by atoms with van der Waals surface area (Å²) in [5.41, 5.74) is -0.0147. The number of hydrogen-bond acceptors (Lipinski definition) is 3. The Hall–Kier alpha value is -2.38. The minimum absolute atomic E-state index is 0.0898. The maximum Gasteiger partial charge on any atom is 0.416 e. The van der Waals surface area contributed by atoms with Gasteiger partial charge in [0.1, 0.15) is 6.04 Å². The molecular formula is C19H21F3N2O2. The molecule has 2 atom stereocenters. The van der Waals surface area contributed by atoms with E-state index in [0.717, 1.165) is 12.1 Å². The first-order valence-electron chi connectivity index (χ1n) is 8.09. The van der Waals surface area contributed by atoms with Crippen molar-refractivity contribution in [2.45, 2.75) is 25.2 Å². The lowest BCUT2D eigenvalue weighted by Crippen LogP contribution is -2.40. The molecule has 2 aromatic rings. The summed E-state index contributed by atoms with van der Waals surface area (Å²) in [5.74, 6) is -0.446. The highest BCUT2D eigenvalue weighted by molar-refractivity contribution is 5.95. The minimum Gasteiger partial charge on any atom is -0.383 e. The molecule has 0 radical (unpaired) electrons. The lowest BCUT2D eigenvalue weighted by Gasteiger charge is -2.23. The Balaban J connectivity index is 2.21. The van der Waals surface area contributed by atoms with Crippen molar-refractivity contribution in [1.82, 2.24) is 5.32 Å². The number of hydrogen-bond donors (Lipinski definition) is 2. The van der Waals surface area contributed by atoms with Gasteiger partial charge in [-0.1, -0.05) is 36.4 Å². The summed E-state index contributed by atoms with van der Waals surface area (Å²) >= 11 is 0. The van der Waals surface area contributed by atoms with E-state index >= 15 is 0 Å². The number of ether oxygens (including phenoxy) is 1. The SMILES string of the molecule is COCC(C)NC(C(=O)Nc1cccc(C(F)(F)F)c1)c1ccccc1. The Kier molecular flexibility index (Phi) is 6.76. The zero-order valence-corrected chi connectivity index (χ0v) is 14.5. The molecule has 2 aromatic carbocycles. The molecule has 0 aliphatic heterocycles. The van der Waals surface area contributed by atoms with Crippen molar-refractivity contribution in [2.24, 2.45) is 0 Å². The molecule has 140 valence electrons. The molecule has 2 rings (SSSR count). The van der Waals surface area contributed by atoms with Gasteiger partial charge in [0.25, 0.3) is 0 Å². The second kappa shape index (κ2) is 8.82. The van der Waals surface area contributed by atoms with E-state index in [9.17, 15) is 18.0 Å². The van der Waals surface area contributed by atoms with Gasteiger partial charge < -0.3 is 10.1 Å². The number of halogens is 3. The topological polar surface area (TPSA) is 50.4 Å². The van der Waals surface area contributed by atoms with Gasteiger partial charge in [-0.3, -0.25) is 10.1 Å². The van der Waals surface area contributed by atoms with Crippen molar-refractivity contribution in [1.29, 1.82) is 0 Å². The highest BCUT2D eigenvalue weighted by atomic mass is 19.4. The molecule has 0 aliphatic rings. The molecule has 2 unspecified atom stereocenters. The molecule has 0 fully saturated rings. The number of anilines is 1. The molecular weight excluding hydrogens is 345 g/mol. The standard InChI is InChI=1S/C19H21F3N2O2/c1-13(12-26-2)23-17(14-7-4-3-5-8-14)18(25)24-16-10-6-9-15(11-16)19(20,21)22/h3-11,13,17,23H,12H2,1-2H3,(H,24,25). The second-order valence-electron chi connectivity index (χ2n) is 5.93. The first-order valence-corrected chi connectivity index (χ1v) is 8.09. The van der Waals surface area contributed by atoms with Gasteiger partial charge in [0, 0.05) is 18.8 Å². The fourth-order valence-electron chi connectivity index (χ4n) is 2.54. The van der Waals surface area contributed by atoms with Crippen LogP contribution in [-0.4, -0.2) is 25.7 Å². The Morgan fingerprint density at radius 3 is 2.42 bits per heavy atom. The van der Waals surface area contributed by atoms with Crippen LogP contribution in [-0.2, 0) is 15.7 Å². The van der Waals surface area contributed by atoms with E-state index in [1.54, 1.807) is 31.4 Å². The van der Waals surface area contributed by atoms with Crippen LogP contribution in [0.4, 0.5) is 18.9 Å². The average Bonchev–Trinajstić information content (AvgIpc) is 2.60. The van der Waals surface area contributed by atoms with Gasteiger partial charge in [0.05, 0.1) is 12.2 Å². The van der Waals surface area contributed by atoms with Gasteiger partial charge in [-0.25, -0.2) is 0 Å². The molecule has 0 spiro atoms. The normalized spacial score (nSPS) is 13.9. The smallest absolute Gasteiger partial charge is 0.383 e. The molecule has 0 saturated carbocycles. The number of benzene rings is 2. The van der Waals surface area contributed by atoms with Gasteiger partial charge in [-0.05, 0) is 30.7 Å². The van der Waals surface area contributed by atoms with Crippen molar-refractivity contribution < 1.29 is 22.7 Å². The molecule has 1 amide bonds. The zero-order valence-electron chi connectivity index (χ0n) is 14.5. The maximum absolute atomic E-state index is 12.8. The number of alkyl halides is 3. The van der Waals surface area contributed by atoms with Crippen LogP contribution in [0.2, 0.25) is 0 Å². The summed E-state index contributed by atoms with van der Waals surface area (Å²) in [6, 6.07) is 12.7. The molecule has 0 heterocycles. The van der Waals surface area contributed by atoms with Crippen LogP contribution in [0.25, 0.3) is 0 Å². The molecule has 26 heavy (non-hydrogen) atoms. The van der Waals surface area contributed by atoms with Gasteiger partial charge in [-0.2, -0.15) is 13.2 Å². The van der Waals surface area contributed by atoms with E-state index in [-0.39, 0.29) is 11.7 Å². The number of amides is 1. The molecule has 2 N–H and O–H groups in total. The number of rotatable bonds is 7. The largest absolute Gasteiger partial charge is 0.416 e. The van der Waals surface area contributed by atoms with Gasteiger partial charge >= 0.3 is 6.18 Å². The molecule has 0 aromatic heterocycles. The third kappa shape index (κ3) is 5.57. The minimum atomic E-state index is -4.47. The summed E-state index contributed by atoms with van der Waals surface area (Å²) < 4.78 is 43.6. The van der Waals surface area contributed by atoms with Crippen LogP contribution in [0.15, 0.2) is 54.6 Å². The Morgan fingerprint density at radius 2 is 1.81 bits per heavy atom. The highest BCUT2D eigenvalue weighted by Crippen LogP contribution is 2.31. The predicted octanol–water partition coefficient (Wildman–Crippen LogP) is 4.01. The van der Waals surface area contributed by atoms with Crippen LogP contribution in [0.5, 0.6) is 0 Å². The Bertz CT molecular complexity index is 720. The molecule has 0 bridgehead atoms. The fourth-order valence-corrected chi connectivity index (χ4v) is 2.54. The average molecular weight is 366 g/mol. The van der Waals surface area contributed by atoms with Crippen LogP contribution in [0.1, 0.15) is 24.1 Å². The van der Waals surface area contributed by atoms with Crippen molar-refractivity contribution in [3.05, 3.63) is 65.7 Å². The summed E-state index contributed by atoms with van der Waals surface area (Å²) in [5, 5.41) is 5.70. The first-order chi connectivity index (χ1) is 12.3.